The summed E-state index contributed by atoms with van der Waals surface area (Å²) in [5, 5.41) is 0.866. The highest BCUT2D eigenvalue weighted by Crippen LogP contribution is 2.24. The van der Waals surface area contributed by atoms with Crippen molar-refractivity contribution in [1.29, 1.82) is 0 Å². The van der Waals surface area contributed by atoms with Crippen LogP contribution in [0.3, 0.4) is 0 Å². The number of aryl methyl sites for hydroxylation is 1. The van der Waals surface area contributed by atoms with Gasteiger partial charge in [-0.3, -0.25) is 0 Å². The normalized spacial score (nSPS) is 21.4. The van der Waals surface area contributed by atoms with Crippen LogP contribution in [-0.4, -0.2) is 55.8 Å². The van der Waals surface area contributed by atoms with E-state index in [1.807, 2.05) is 6.92 Å². The molecule has 1 atom stereocenters. The zero-order chi connectivity index (χ0) is 14.0. The number of rotatable bonds is 5. The Kier molecular flexibility index (Phi) is 4.60. The average Bonchev–Trinajstić information content (AvgIpc) is 2.99. The Balaban J connectivity index is 2.10. The van der Waals surface area contributed by atoms with Crippen LogP contribution in [0.4, 0.5) is 0 Å². The van der Waals surface area contributed by atoms with Gasteiger partial charge < -0.3 is 4.90 Å². The van der Waals surface area contributed by atoms with Gasteiger partial charge in [0, 0.05) is 19.6 Å². The maximum Gasteiger partial charge on any atom is 0.253 e. The quantitative estimate of drug-likeness (QED) is 0.825. The monoisotopic (exact) mass is 303 g/mol. The molecule has 0 aromatic carbocycles. The second-order valence-electron chi connectivity index (χ2n) is 4.99. The lowest BCUT2D eigenvalue weighted by molar-refractivity contribution is 0.271. The predicted octanol–water partition coefficient (Wildman–Crippen LogP) is 1.42. The molecule has 1 saturated heterocycles. The molecule has 0 saturated carbocycles. The summed E-state index contributed by atoms with van der Waals surface area (Å²) in [5.74, 6) is 0. The zero-order valence-corrected chi connectivity index (χ0v) is 13.3. The molecular weight excluding hydrogens is 282 g/mol. The summed E-state index contributed by atoms with van der Waals surface area (Å²) in [7, 11) is 0.339. The van der Waals surface area contributed by atoms with Crippen LogP contribution in [0.1, 0.15) is 24.8 Å². The number of aromatic nitrogens is 1. The number of hydrogen-bond donors (Lipinski definition) is 0. The molecule has 1 unspecified atom stereocenters. The molecule has 0 N–H and O–H groups in total. The molecule has 0 spiro atoms. The van der Waals surface area contributed by atoms with Crippen molar-refractivity contribution in [2.45, 2.75) is 36.4 Å². The van der Waals surface area contributed by atoms with Gasteiger partial charge in [-0.05, 0) is 32.9 Å². The van der Waals surface area contributed by atoms with Gasteiger partial charge in [0.15, 0.2) is 4.21 Å². The molecule has 0 bridgehead atoms. The number of likely N-dealkylation sites (N-methyl/N-ethyl adjacent to an activating group) is 2. The number of thiazole rings is 1. The van der Waals surface area contributed by atoms with Crippen LogP contribution >= 0.6 is 11.3 Å². The molecule has 19 heavy (non-hydrogen) atoms. The molecule has 1 aliphatic rings. The maximum atomic E-state index is 12.4. The zero-order valence-electron chi connectivity index (χ0n) is 11.7. The topological polar surface area (TPSA) is 53.5 Å². The van der Waals surface area contributed by atoms with E-state index in [0.29, 0.717) is 16.8 Å². The van der Waals surface area contributed by atoms with Gasteiger partial charge in [-0.25, -0.2) is 13.4 Å². The summed E-state index contributed by atoms with van der Waals surface area (Å²) in [6.07, 6.45) is 4.47. The molecule has 0 aliphatic carbocycles. The minimum Gasteiger partial charge on any atom is -0.302 e. The minimum atomic E-state index is -3.38. The molecule has 108 valence electrons. The highest BCUT2D eigenvalue weighted by Gasteiger charge is 2.29. The molecule has 1 aliphatic heterocycles. The first kappa shape index (κ1) is 14.9. The lowest BCUT2D eigenvalue weighted by Crippen LogP contribution is -2.39. The Morgan fingerprint density at radius 1 is 1.58 bits per heavy atom. The third-order valence-electron chi connectivity index (χ3n) is 3.64. The van der Waals surface area contributed by atoms with E-state index >= 15 is 0 Å². The SMILES string of the molecule is CCc1ncc(S(=O)(=O)N(C)CC2CCCN2C)s1. The van der Waals surface area contributed by atoms with E-state index < -0.39 is 10.0 Å². The second-order valence-corrected chi connectivity index (χ2v) is 8.38. The number of likely N-dealkylation sites (tertiary alicyclic amines) is 1. The lowest BCUT2D eigenvalue weighted by atomic mass is 10.2. The van der Waals surface area contributed by atoms with Gasteiger partial charge in [0.1, 0.15) is 0 Å². The van der Waals surface area contributed by atoms with E-state index in [2.05, 4.69) is 16.9 Å². The van der Waals surface area contributed by atoms with E-state index in [0.717, 1.165) is 30.8 Å². The van der Waals surface area contributed by atoms with Crippen molar-refractivity contribution in [2.75, 3.05) is 27.2 Å². The summed E-state index contributed by atoms with van der Waals surface area (Å²) in [4.78, 5) is 6.36. The highest BCUT2D eigenvalue weighted by atomic mass is 32.2. The molecule has 1 aromatic heterocycles. The van der Waals surface area contributed by atoms with Crippen molar-refractivity contribution < 1.29 is 8.42 Å². The van der Waals surface area contributed by atoms with Crippen molar-refractivity contribution in [3.05, 3.63) is 11.2 Å². The van der Waals surface area contributed by atoms with Crippen molar-refractivity contribution in [2.24, 2.45) is 0 Å². The fourth-order valence-electron chi connectivity index (χ4n) is 2.33. The standard InChI is InChI=1S/C12H21N3O2S2/c1-4-11-13-8-12(18-11)19(16,17)15(3)9-10-6-5-7-14(10)2/h8,10H,4-7,9H2,1-3H3. The third-order valence-corrected chi connectivity index (χ3v) is 7.04. The Morgan fingerprint density at radius 2 is 2.32 bits per heavy atom. The Bertz CT molecular complexity index is 527. The predicted molar refractivity (Wildman–Crippen MR) is 77.0 cm³/mol. The van der Waals surface area contributed by atoms with E-state index in [4.69, 9.17) is 0 Å². The second kappa shape index (κ2) is 5.87. The molecule has 0 radical (unpaired) electrons. The Morgan fingerprint density at radius 3 is 2.84 bits per heavy atom. The first-order valence-corrected chi connectivity index (χ1v) is 8.82. The molecule has 7 heteroatoms. The average molecular weight is 303 g/mol. The van der Waals surface area contributed by atoms with Crippen LogP contribution in [0.2, 0.25) is 0 Å². The molecule has 2 rings (SSSR count). The summed E-state index contributed by atoms with van der Waals surface area (Å²) in [6.45, 7) is 3.59. The minimum absolute atomic E-state index is 0.332. The van der Waals surface area contributed by atoms with Gasteiger partial charge in [-0.15, -0.1) is 11.3 Å². The number of sulfonamides is 1. The van der Waals surface area contributed by atoms with Crippen LogP contribution < -0.4 is 0 Å². The molecule has 5 nitrogen and oxygen atoms in total. The van der Waals surface area contributed by atoms with E-state index in [1.54, 1.807) is 7.05 Å². The lowest BCUT2D eigenvalue weighted by Gasteiger charge is -2.24. The van der Waals surface area contributed by atoms with E-state index in [9.17, 15) is 8.42 Å². The van der Waals surface area contributed by atoms with Gasteiger partial charge >= 0.3 is 0 Å². The molecule has 2 heterocycles. The summed E-state index contributed by atoms with van der Waals surface area (Å²) in [6, 6.07) is 0.332. The van der Waals surface area contributed by atoms with Gasteiger partial charge in [-0.1, -0.05) is 6.92 Å². The first-order valence-electron chi connectivity index (χ1n) is 6.56. The Labute approximate surface area is 119 Å². The summed E-state index contributed by atoms with van der Waals surface area (Å²) in [5.41, 5.74) is 0. The van der Waals surface area contributed by atoms with Crippen molar-refractivity contribution in [3.8, 4) is 0 Å². The van der Waals surface area contributed by atoms with Crippen LogP contribution in [0.25, 0.3) is 0 Å². The van der Waals surface area contributed by atoms with Crippen molar-refractivity contribution in [1.82, 2.24) is 14.2 Å². The van der Waals surface area contributed by atoms with Crippen LogP contribution in [0, 0.1) is 0 Å². The smallest absolute Gasteiger partial charge is 0.253 e. The molecule has 1 fully saturated rings. The van der Waals surface area contributed by atoms with Crippen LogP contribution in [0.5, 0.6) is 0 Å². The van der Waals surface area contributed by atoms with Gasteiger partial charge in [0.05, 0.1) is 11.2 Å². The number of hydrogen-bond acceptors (Lipinski definition) is 5. The van der Waals surface area contributed by atoms with Crippen LogP contribution in [0.15, 0.2) is 10.4 Å². The van der Waals surface area contributed by atoms with Gasteiger partial charge in [-0.2, -0.15) is 4.31 Å². The third kappa shape index (κ3) is 3.16. The fourth-order valence-corrected chi connectivity index (χ4v) is 4.88. The van der Waals surface area contributed by atoms with Crippen molar-refractivity contribution in [3.63, 3.8) is 0 Å². The van der Waals surface area contributed by atoms with E-state index in [1.165, 1.54) is 21.8 Å². The van der Waals surface area contributed by atoms with Crippen molar-refractivity contribution >= 4 is 21.4 Å². The number of nitrogens with zero attached hydrogens (tertiary/aromatic N) is 3. The highest BCUT2D eigenvalue weighted by molar-refractivity contribution is 7.91. The van der Waals surface area contributed by atoms with Gasteiger partial charge in [0.25, 0.3) is 10.0 Å². The van der Waals surface area contributed by atoms with Crippen LogP contribution in [-0.2, 0) is 16.4 Å². The maximum absolute atomic E-state index is 12.4. The molecular formula is C12H21N3O2S2. The summed E-state index contributed by atoms with van der Waals surface area (Å²) < 4.78 is 26.7. The summed E-state index contributed by atoms with van der Waals surface area (Å²) >= 11 is 1.27. The Hall–Kier alpha value is -0.500. The first-order chi connectivity index (χ1) is 8.95. The van der Waals surface area contributed by atoms with Gasteiger partial charge in [0.2, 0.25) is 0 Å². The van der Waals surface area contributed by atoms with E-state index in [-0.39, 0.29) is 0 Å². The molecule has 1 aromatic rings. The molecule has 0 amide bonds. The largest absolute Gasteiger partial charge is 0.302 e. The fraction of sp³-hybridized carbons (Fsp3) is 0.750.